The molecule has 1 fully saturated rings. The highest BCUT2D eigenvalue weighted by atomic mass is 32.2. The summed E-state index contributed by atoms with van der Waals surface area (Å²) < 4.78 is 0. The minimum Gasteiger partial charge on any atom is -0.479 e. The van der Waals surface area contributed by atoms with Crippen molar-refractivity contribution in [2.24, 2.45) is 0 Å². The molecule has 0 spiro atoms. The smallest absolute Gasteiger partial charge is 0.334 e. The Labute approximate surface area is 139 Å². The molecule has 0 saturated carbocycles. The zero-order valence-electron chi connectivity index (χ0n) is 12.6. The SMILES string of the molecule is CCC(NC(=O)CC1CSCCS1)(C(=O)O)c1ccccc1. The second kappa shape index (κ2) is 7.92. The Bertz CT molecular complexity index is 517. The summed E-state index contributed by atoms with van der Waals surface area (Å²) in [4.78, 5) is 24.2. The Kier molecular flexibility index (Phi) is 6.20. The molecule has 0 aliphatic carbocycles. The predicted molar refractivity (Wildman–Crippen MR) is 92.4 cm³/mol. The van der Waals surface area contributed by atoms with Crippen LogP contribution in [0, 0.1) is 0 Å². The highest BCUT2D eigenvalue weighted by Crippen LogP contribution is 2.29. The third-order valence-electron chi connectivity index (χ3n) is 3.81. The van der Waals surface area contributed by atoms with E-state index < -0.39 is 11.5 Å². The second-order valence-corrected chi connectivity index (χ2v) is 7.81. The van der Waals surface area contributed by atoms with E-state index in [2.05, 4.69) is 5.32 Å². The quantitative estimate of drug-likeness (QED) is 0.834. The van der Waals surface area contributed by atoms with Gasteiger partial charge in [0, 0.05) is 28.9 Å². The van der Waals surface area contributed by atoms with Crippen LogP contribution in [-0.2, 0) is 15.1 Å². The minimum absolute atomic E-state index is 0.187. The molecule has 6 heteroatoms. The van der Waals surface area contributed by atoms with Gasteiger partial charge < -0.3 is 10.4 Å². The maximum Gasteiger partial charge on any atom is 0.334 e. The fraction of sp³-hybridized carbons (Fsp3) is 0.500. The van der Waals surface area contributed by atoms with E-state index >= 15 is 0 Å². The molecular formula is C16H21NO3S2. The van der Waals surface area contributed by atoms with Crippen LogP contribution in [0.4, 0.5) is 0 Å². The summed E-state index contributed by atoms with van der Waals surface area (Å²) in [5.74, 6) is 1.93. The largest absolute Gasteiger partial charge is 0.479 e. The Morgan fingerprint density at radius 3 is 2.59 bits per heavy atom. The number of carbonyl (C=O) groups is 2. The van der Waals surface area contributed by atoms with Crippen LogP contribution >= 0.6 is 23.5 Å². The molecule has 2 rings (SSSR count). The summed E-state index contributed by atoms with van der Waals surface area (Å²) in [7, 11) is 0. The van der Waals surface area contributed by atoms with Crippen LogP contribution in [0.25, 0.3) is 0 Å². The van der Waals surface area contributed by atoms with Crippen LogP contribution in [-0.4, -0.2) is 39.5 Å². The lowest BCUT2D eigenvalue weighted by atomic mass is 9.87. The zero-order valence-corrected chi connectivity index (χ0v) is 14.2. The number of carboxylic acid groups (broad SMARTS) is 1. The first-order valence-corrected chi connectivity index (χ1v) is 9.58. The molecule has 120 valence electrons. The van der Waals surface area contributed by atoms with Crippen LogP contribution in [0.15, 0.2) is 30.3 Å². The van der Waals surface area contributed by atoms with E-state index in [9.17, 15) is 14.7 Å². The predicted octanol–water partition coefficient (Wildman–Crippen LogP) is 2.73. The summed E-state index contributed by atoms with van der Waals surface area (Å²) >= 11 is 3.65. The Morgan fingerprint density at radius 1 is 1.32 bits per heavy atom. The topological polar surface area (TPSA) is 66.4 Å². The van der Waals surface area contributed by atoms with E-state index in [0.29, 0.717) is 18.4 Å². The van der Waals surface area contributed by atoms with Gasteiger partial charge in [-0.3, -0.25) is 4.79 Å². The van der Waals surface area contributed by atoms with E-state index in [1.807, 2.05) is 17.8 Å². The van der Waals surface area contributed by atoms with Crippen molar-refractivity contribution in [2.75, 3.05) is 17.3 Å². The minimum atomic E-state index is -1.34. The molecule has 1 amide bonds. The fourth-order valence-corrected chi connectivity index (χ4v) is 5.25. The number of benzene rings is 1. The van der Waals surface area contributed by atoms with Gasteiger partial charge in [-0.1, -0.05) is 37.3 Å². The summed E-state index contributed by atoms with van der Waals surface area (Å²) in [5, 5.41) is 12.8. The number of rotatable bonds is 6. The van der Waals surface area contributed by atoms with Gasteiger partial charge in [-0.2, -0.15) is 23.5 Å². The van der Waals surface area contributed by atoms with Gasteiger partial charge in [-0.25, -0.2) is 4.79 Å². The first kappa shape index (κ1) is 17.2. The van der Waals surface area contributed by atoms with Crippen molar-refractivity contribution in [3.05, 3.63) is 35.9 Å². The van der Waals surface area contributed by atoms with Crippen molar-refractivity contribution in [2.45, 2.75) is 30.6 Å². The number of hydrogen-bond acceptors (Lipinski definition) is 4. The Hall–Kier alpha value is -1.14. The summed E-state index contributed by atoms with van der Waals surface area (Å²) in [6.07, 6.45) is 0.685. The average Bonchev–Trinajstić information content (AvgIpc) is 2.54. The maximum atomic E-state index is 12.4. The lowest BCUT2D eigenvalue weighted by Crippen LogP contribution is -2.52. The standard InChI is InChI=1S/C16H21NO3S2/c1-2-16(15(19)20,12-6-4-3-5-7-12)17-14(18)10-13-11-21-8-9-22-13/h3-7,13H,2,8-11H2,1H3,(H,17,18)(H,19,20). The molecule has 0 aromatic heterocycles. The highest BCUT2D eigenvalue weighted by molar-refractivity contribution is 8.06. The summed E-state index contributed by atoms with van der Waals surface area (Å²) in [5.41, 5.74) is -0.728. The molecule has 1 aliphatic heterocycles. The van der Waals surface area contributed by atoms with Gasteiger partial charge in [-0.05, 0) is 12.0 Å². The number of nitrogens with one attached hydrogen (secondary N) is 1. The molecule has 4 nitrogen and oxygen atoms in total. The van der Waals surface area contributed by atoms with Crippen molar-refractivity contribution in [3.8, 4) is 0 Å². The van der Waals surface area contributed by atoms with Crippen LogP contribution < -0.4 is 5.32 Å². The fourth-order valence-electron chi connectivity index (χ4n) is 2.57. The van der Waals surface area contributed by atoms with Crippen LogP contribution in [0.3, 0.4) is 0 Å². The number of carbonyl (C=O) groups excluding carboxylic acids is 1. The van der Waals surface area contributed by atoms with Gasteiger partial charge in [0.05, 0.1) is 0 Å². The normalized spacial score (nSPS) is 20.9. The molecule has 1 heterocycles. The Morgan fingerprint density at radius 2 is 2.05 bits per heavy atom. The molecule has 1 aromatic rings. The molecule has 22 heavy (non-hydrogen) atoms. The first-order chi connectivity index (χ1) is 10.6. The number of thioether (sulfide) groups is 2. The number of hydrogen-bond donors (Lipinski definition) is 2. The van der Waals surface area contributed by atoms with Crippen molar-refractivity contribution in [1.82, 2.24) is 5.32 Å². The van der Waals surface area contributed by atoms with Gasteiger partial charge in [0.25, 0.3) is 0 Å². The second-order valence-electron chi connectivity index (χ2n) is 5.25. The molecule has 0 radical (unpaired) electrons. The molecule has 2 N–H and O–H groups in total. The third kappa shape index (κ3) is 3.98. The van der Waals surface area contributed by atoms with Crippen molar-refractivity contribution >= 4 is 35.4 Å². The Balaban J connectivity index is 2.13. The van der Waals surface area contributed by atoms with Gasteiger partial charge in [0.1, 0.15) is 0 Å². The van der Waals surface area contributed by atoms with Crippen molar-refractivity contribution in [1.29, 1.82) is 0 Å². The van der Waals surface area contributed by atoms with E-state index in [0.717, 1.165) is 17.3 Å². The third-order valence-corrected chi connectivity index (χ3v) is 6.66. The van der Waals surface area contributed by atoms with E-state index in [1.165, 1.54) is 0 Å². The molecule has 1 aliphatic rings. The molecular weight excluding hydrogens is 318 g/mol. The maximum absolute atomic E-state index is 12.4. The lowest BCUT2D eigenvalue weighted by Gasteiger charge is -2.31. The van der Waals surface area contributed by atoms with E-state index in [4.69, 9.17) is 0 Å². The lowest BCUT2D eigenvalue weighted by molar-refractivity contribution is -0.148. The number of carboxylic acids is 1. The first-order valence-electron chi connectivity index (χ1n) is 7.37. The van der Waals surface area contributed by atoms with Gasteiger partial charge in [-0.15, -0.1) is 0 Å². The van der Waals surface area contributed by atoms with Crippen LogP contribution in [0.2, 0.25) is 0 Å². The molecule has 2 atom stereocenters. The van der Waals surface area contributed by atoms with Crippen molar-refractivity contribution in [3.63, 3.8) is 0 Å². The van der Waals surface area contributed by atoms with Gasteiger partial charge in [0.15, 0.2) is 5.54 Å². The zero-order chi connectivity index (χ0) is 16.0. The van der Waals surface area contributed by atoms with Crippen LogP contribution in [0.1, 0.15) is 25.3 Å². The summed E-state index contributed by atoms with van der Waals surface area (Å²) in [6, 6.07) is 8.93. The highest BCUT2D eigenvalue weighted by Gasteiger charge is 2.40. The van der Waals surface area contributed by atoms with E-state index in [1.54, 1.807) is 43.0 Å². The van der Waals surface area contributed by atoms with Crippen molar-refractivity contribution < 1.29 is 14.7 Å². The monoisotopic (exact) mass is 339 g/mol. The average molecular weight is 339 g/mol. The van der Waals surface area contributed by atoms with Crippen LogP contribution in [0.5, 0.6) is 0 Å². The summed E-state index contributed by atoms with van der Waals surface area (Å²) in [6.45, 7) is 1.78. The molecule has 1 saturated heterocycles. The number of aliphatic carboxylic acids is 1. The molecule has 2 unspecified atom stereocenters. The van der Waals surface area contributed by atoms with E-state index in [-0.39, 0.29) is 11.2 Å². The number of amides is 1. The van der Waals surface area contributed by atoms with Gasteiger partial charge in [0.2, 0.25) is 5.91 Å². The molecule has 0 bridgehead atoms. The van der Waals surface area contributed by atoms with Gasteiger partial charge >= 0.3 is 5.97 Å². The molecule has 1 aromatic carbocycles.